The van der Waals surface area contributed by atoms with E-state index in [4.69, 9.17) is 23.2 Å². The Morgan fingerprint density at radius 2 is 2.16 bits per heavy atom. The standard InChI is InChI=1S/C13H15Cl2N3S/c1-2-5-16-7-10-8-19-13(17-10)18-12-4-3-9(14)6-11(12)15/h3-4,6,8,16H,2,5,7H2,1H3,(H,17,18). The summed E-state index contributed by atoms with van der Waals surface area (Å²) in [5.74, 6) is 0. The van der Waals surface area contributed by atoms with Crippen molar-refractivity contribution in [3.05, 3.63) is 39.3 Å². The van der Waals surface area contributed by atoms with Crippen LogP contribution in [-0.4, -0.2) is 11.5 Å². The highest BCUT2D eigenvalue weighted by atomic mass is 35.5. The molecule has 6 heteroatoms. The Morgan fingerprint density at radius 3 is 2.89 bits per heavy atom. The molecule has 2 rings (SSSR count). The highest BCUT2D eigenvalue weighted by molar-refractivity contribution is 7.13. The summed E-state index contributed by atoms with van der Waals surface area (Å²) in [6.07, 6.45) is 1.12. The first-order valence-electron chi connectivity index (χ1n) is 6.06. The molecule has 0 aliphatic heterocycles. The van der Waals surface area contributed by atoms with Gasteiger partial charge in [-0.15, -0.1) is 11.3 Å². The minimum Gasteiger partial charge on any atom is -0.330 e. The van der Waals surface area contributed by atoms with Gasteiger partial charge in [0, 0.05) is 16.9 Å². The van der Waals surface area contributed by atoms with Crippen LogP contribution in [0.1, 0.15) is 19.0 Å². The van der Waals surface area contributed by atoms with Crippen LogP contribution in [0.15, 0.2) is 23.6 Å². The molecule has 0 saturated heterocycles. The lowest BCUT2D eigenvalue weighted by Crippen LogP contribution is -2.13. The van der Waals surface area contributed by atoms with Gasteiger partial charge >= 0.3 is 0 Å². The highest BCUT2D eigenvalue weighted by Crippen LogP contribution is 2.29. The molecule has 102 valence electrons. The van der Waals surface area contributed by atoms with E-state index in [1.807, 2.05) is 11.4 Å². The van der Waals surface area contributed by atoms with Crippen molar-refractivity contribution in [3.63, 3.8) is 0 Å². The van der Waals surface area contributed by atoms with Gasteiger partial charge in [-0.25, -0.2) is 4.98 Å². The Labute approximate surface area is 127 Å². The summed E-state index contributed by atoms with van der Waals surface area (Å²) in [6, 6.07) is 5.36. The van der Waals surface area contributed by atoms with Crippen molar-refractivity contribution in [2.45, 2.75) is 19.9 Å². The van der Waals surface area contributed by atoms with Crippen molar-refractivity contribution in [3.8, 4) is 0 Å². The molecule has 0 spiro atoms. The van der Waals surface area contributed by atoms with E-state index < -0.39 is 0 Å². The van der Waals surface area contributed by atoms with Gasteiger partial charge < -0.3 is 10.6 Å². The second kappa shape index (κ2) is 7.10. The summed E-state index contributed by atoms with van der Waals surface area (Å²) in [4.78, 5) is 4.49. The van der Waals surface area contributed by atoms with E-state index in [-0.39, 0.29) is 0 Å². The van der Waals surface area contributed by atoms with Gasteiger partial charge in [0.05, 0.1) is 16.4 Å². The van der Waals surface area contributed by atoms with Crippen LogP contribution in [0.25, 0.3) is 0 Å². The Hall–Kier alpha value is -0.810. The number of aromatic nitrogens is 1. The largest absolute Gasteiger partial charge is 0.330 e. The zero-order chi connectivity index (χ0) is 13.7. The fraction of sp³-hybridized carbons (Fsp3) is 0.308. The number of hydrogen-bond acceptors (Lipinski definition) is 4. The molecule has 2 aromatic rings. The second-order valence-electron chi connectivity index (χ2n) is 4.07. The predicted molar refractivity (Wildman–Crippen MR) is 83.9 cm³/mol. The van der Waals surface area contributed by atoms with Gasteiger partial charge in [0.1, 0.15) is 0 Å². The first kappa shape index (κ1) is 14.6. The molecule has 0 saturated carbocycles. The van der Waals surface area contributed by atoms with E-state index in [0.717, 1.165) is 36.0 Å². The second-order valence-corrected chi connectivity index (χ2v) is 5.77. The van der Waals surface area contributed by atoms with Crippen molar-refractivity contribution in [2.75, 3.05) is 11.9 Å². The summed E-state index contributed by atoms with van der Waals surface area (Å²) in [5.41, 5.74) is 1.85. The van der Waals surface area contributed by atoms with E-state index in [1.54, 1.807) is 23.5 Å². The van der Waals surface area contributed by atoms with Crippen LogP contribution in [-0.2, 0) is 6.54 Å². The van der Waals surface area contributed by atoms with Crippen molar-refractivity contribution in [2.24, 2.45) is 0 Å². The molecule has 3 nitrogen and oxygen atoms in total. The number of nitrogens with zero attached hydrogens (tertiary/aromatic N) is 1. The van der Waals surface area contributed by atoms with Gasteiger partial charge in [-0.3, -0.25) is 0 Å². The SMILES string of the molecule is CCCNCc1csc(Nc2ccc(Cl)cc2Cl)n1. The summed E-state index contributed by atoms with van der Waals surface area (Å²) < 4.78 is 0. The molecule has 0 radical (unpaired) electrons. The lowest BCUT2D eigenvalue weighted by atomic mass is 10.3. The fourth-order valence-corrected chi connectivity index (χ4v) is 2.72. The first-order chi connectivity index (χ1) is 9.19. The van der Waals surface area contributed by atoms with E-state index in [9.17, 15) is 0 Å². The first-order valence-corrected chi connectivity index (χ1v) is 7.70. The number of thiazole rings is 1. The zero-order valence-corrected chi connectivity index (χ0v) is 12.9. The Bertz CT molecular complexity index is 542. The highest BCUT2D eigenvalue weighted by Gasteiger charge is 2.05. The molecule has 19 heavy (non-hydrogen) atoms. The van der Waals surface area contributed by atoms with Crippen LogP contribution in [0.3, 0.4) is 0 Å². The zero-order valence-electron chi connectivity index (χ0n) is 10.5. The predicted octanol–water partition coefficient (Wildman–Crippen LogP) is 4.69. The van der Waals surface area contributed by atoms with E-state index in [0.29, 0.717) is 10.0 Å². The average Bonchev–Trinajstić information content (AvgIpc) is 2.81. The van der Waals surface area contributed by atoms with Crippen molar-refractivity contribution >= 4 is 45.4 Å². The number of rotatable bonds is 6. The molecule has 0 fully saturated rings. The van der Waals surface area contributed by atoms with Crippen molar-refractivity contribution < 1.29 is 0 Å². The molecule has 1 aromatic carbocycles. The average molecular weight is 316 g/mol. The monoisotopic (exact) mass is 315 g/mol. The molecular formula is C13H15Cl2N3S. The maximum absolute atomic E-state index is 6.11. The maximum atomic E-state index is 6.11. The maximum Gasteiger partial charge on any atom is 0.187 e. The third kappa shape index (κ3) is 4.35. The van der Waals surface area contributed by atoms with E-state index >= 15 is 0 Å². The van der Waals surface area contributed by atoms with Gasteiger partial charge in [-0.2, -0.15) is 0 Å². The Kier molecular flexibility index (Phi) is 5.45. The molecule has 0 bridgehead atoms. The minimum atomic E-state index is 0.591. The van der Waals surface area contributed by atoms with E-state index in [2.05, 4.69) is 22.5 Å². The normalized spacial score (nSPS) is 10.7. The Balaban J connectivity index is 1.99. The summed E-state index contributed by atoms with van der Waals surface area (Å²) in [7, 11) is 0. The molecule has 2 N–H and O–H groups in total. The van der Waals surface area contributed by atoms with Crippen molar-refractivity contribution in [1.29, 1.82) is 0 Å². The molecular weight excluding hydrogens is 301 g/mol. The molecule has 1 aromatic heterocycles. The lowest BCUT2D eigenvalue weighted by molar-refractivity contribution is 0.667. The minimum absolute atomic E-state index is 0.591. The third-order valence-electron chi connectivity index (χ3n) is 2.46. The van der Waals surface area contributed by atoms with E-state index in [1.165, 1.54) is 0 Å². The summed E-state index contributed by atoms with van der Waals surface area (Å²) in [5, 5.41) is 10.6. The van der Waals surface area contributed by atoms with Gasteiger partial charge in [0.2, 0.25) is 0 Å². The number of halogens is 2. The Morgan fingerprint density at radius 1 is 1.32 bits per heavy atom. The smallest absolute Gasteiger partial charge is 0.187 e. The molecule has 0 aliphatic carbocycles. The van der Waals surface area contributed by atoms with Crippen LogP contribution < -0.4 is 10.6 Å². The summed E-state index contributed by atoms with van der Waals surface area (Å²) in [6.45, 7) is 3.94. The molecule has 0 unspecified atom stereocenters. The van der Waals surface area contributed by atoms with Gasteiger partial charge in [0.25, 0.3) is 0 Å². The van der Waals surface area contributed by atoms with Crippen LogP contribution in [0.5, 0.6) is 0 Å². The number of nitrogens with one attached hydrogen (secondary N) is 2. The van der Waals surface area contributed by atoms with Crippen molar-refractivity contribution in [1.82, 2.24) is 10.3 Å². The molecule has 1 heterocycles. The number of benzene rings is 1. The number of hydrogen-bond donors (Lipinski definition) is 2. The molecule has 0 amide bonds. The van der Waals surface area contributed by atoms with Crippen LogP contribution >= 0.6 is 34.5 Å². The third-order valence-corrected chi connectivity index (χ3v) is 3.81. The molecule has 0 aliphatic rings. The van der Waals surface area contributed by atoms with Gasteiger partial charge in [0.15, 0.2) is 5.13 Å². The van der Waals surface area contributed by atoms with Crippen LogP contribution in [0, 0.1) is 0 Å². The number of anilines is 2. The lowest BCUT2D eigenvalue weighted by Gasteiger charge is -2.05. The quantitative estimate of drug-likeness (QED) is 0.759. The van der Waals surface area contributed by atoms with Crippen LogP contribution in [0.4, 0.5) is 10.8 Å². The fourth-order valence-electron chi connectivity index (χ4n) is 1.54. The topological polar surface area (TPSA) is 37.0 Å². The van der Waals surface area contributed by atoms with Gasteiger partial charge in [-0.05, 0) is 31.2 Å². The van der Waals surface area contributed by atoms with Gasteiger partial charge in [-0.1, -0.05) is 30.1 Å². The summed E-state index contributed by atoms with van der Waals surface area (Å²) >= 11 is 13.5. The van der Waals surface area contributed by atoms with Crippen LogP contribution in [0.2, 0.25) is 10.0 Å². The molecule has 0 atom stereocenters.